The lowest BCUT2D eigenvalue weighted by Gasteiger charge is -2.21. The molecule has 0 unspecified atom stereocenters. The zero-order valence-corrected chi connectivity index (χ0v) is 24.4. The lowest BCUT2D eigenvalue weighted by molar-refractivity contribution is -0.147. The van der Waals surface area contributed by atoms with Gasteiger partial charge in [0.2, 0.25) is 0 Å². The van der Waals surface area contributed by atoms with Crippen LogP contribution in [0.2, 0.25) is 0 Å². The Morgan fingerprint density at radius 2 is 1.27 bits per heavy atom. The lowest BCUT2D eigenvalue weighted by Crippen LogP contribution is -2.43. The third kappa shape index (κ3) is 8.20. The molecular weight excluding hydrogens is 570 g/mol. The number of hydrogen-bond donors (Lipinski definition) is 4. The maximum atomic E-state index is 13.5. The monoisotopic (exact) mass is 603 g/mol. The standard InChI is InChI=1S/C37H33NO7/c39-32-18-16-29(22-33(32)40)36(42)38-31(37(43)45-24-27-14-8-3-9-15-27)21-28-17-19-34(44-23-26-12-6-2-7-13-26)35(41)30(28)20-25-10-4-1-5-11-25/h1-19,22,31,39-41H,20-21,23-24H2,(H,38,42)/t31-/m0/s1. The molecule has 5 aromatic carbocycles. The first-order valence-electron chi connectivity index (χ1n) is 14.4. The number of aromatic hydroxyl groups is 3. The van der Waals surface area contributed by atoms with Crippen LogP contribution in [0.5, 0.6) is 23.0 Å². The third-order valence-corrected chi connectivity index (χ3v) is 7.28. The summed E-state index contributed by atoms with van der Waals surface area (Å²) in [6, 6.07) is 34.2. The SMILES string of the molecule is O=C(N[C@@H](Cc1ccc(OCc2ccccc2)c(O)c1Cc1ccccc1)C(=O)OCc1ccccc1)c1ccc(O)c(O)c1. The van der Waals surface area contributed by atoms with Crippen molar-refractivity contribution in [3.05, 3.63) is 155 Å². The molecule has 8 nitrogen and oxygen atoms in total. The van der Waals surface area contributed by atoms with Gasteiger partial charge in [-0.1, -0.05) is 97.1 Å². The van der Waals surface area contributed by atoms with Crippen LogP contribution < -0.4 is 10.1 Å². The predicted octanol–water partition coefficient (Wildman–Crippen LogP) is 6.06. The number of hydrogen-bond acceptors (Lipinski definition) is 7. The van der Waals surface area contributed by atoms with Gasteiger partial charge >= 0.3 is 5.97 Å². The highest BCUT2D eigenvalue weighted by molar-refractivity contribution is 5.97. The van der Waals surface area contributed by atoms with Crippen molar-refractivity contribution in [3.8, 4) is 23.0 Å². The number of benzene rings is 5. The summed E-state index contributed by atoms with van der Waals surface area (Å²) in [7, 11) is 0. The maximum absolute atomic E-state index is 13.5. The molecule has 5 aromatic rings. The summed E-state index contributed by atoms with van der Waals surface area (Å²) in [6.07, 6.45) is 0.341. The Morgan fingerprint density at radius 3 is 1.89 bits per heavy atom. The van der Waals surface area contributed by atoms with Crippen molar-refractivity contribution >= 4 is 11.9 Å². The maximum Gasteiger partial charge on any atom is 0.329 e. The first kappa shape index (κ1) is 30.7. The van der Waals surface area contributed by atoms with Gasteiger partial charge in [-0.3, -0.25) is 4.79 Å². The summed E-state index contributed by atoms with van der Waals surface area (Å²) in [5, 5.41) is 33.8. The fourth-order valence-electron chi connectivity index (χ4n) is 4.85. The van der Waals surface area contributed by atoms with Gasteiger partial charge in [-0.15, -0.1) is 0 Å². The van der Waals surface area contributed by atoms with E-state index in [0.717, 1.165) is 22.8 Å². The predicted molar refractivity (Wildman–Crippen MR) is 169 cm³/mol. The number of rotatable bonds is 12. The molecule has 5 rings (SSSR count). The van der Waals surface area contributed by atoms with Gasteiger partial charge in [-0.25, -0.2) is 4.79 Å². The molecule has 0 bridgehead atoms. The molecule has 228 valence electrons. The van der Waals surface area contributed by atoms with Gasteiger partial charge < -0.3 is 30.1 Å². The van der Waals surface area contributed by atoms with E-state index in [2.05, 4.69) is 5.32 Å². The van der Waals surface area contributed by atoms with E-state index >= 15 is 0 Å². The molecule has 4 N–H and O–H groups in total. The smallest absolute Gasteiger partial charge is 0.329 e. The number of nitrogens with one attached hydrogen (secondary N) is 1. The molecule has 0 saturated carbocycles. The fourth-order valence-corrected chi connectivity index (χ4v) is 4.85. The fraction of sp³-hybridized carbons (Fsp3) is 0.135. The Kier molecular flexibility index (Phi) is 9.97. The van der Waals surface area contributed by atoms with Crippen LogP contribution in [0, 0.1) is 0 Å². The average molecular weight is 604 g/mol. The second-order valence-electron chi connectivity index (χ2n) is 10.5. The van der Waals surface area contributed by atoms with Crippen molar-refractivity contribution in [2.75, 3.05) is 0 Å². The molecule has 45 heavy (non-hydrogen) atoms. The van der Waals surface area contributed by atoms with Crippen molar-refractivity contribution in [3.63, 3.8) is 0 Å². The largest absolute Gasteiger partial charge is 0.504 e. The van der Waals surface area contributed by atoms with Crippen LogP contribution in [0.4, 0.5) is 0 Å². The summed E-state index contributed by atoms with van der Waals surface area (Å²) >= 11 is 0. The minimum Gasteiger partial charge on any atom is -0.504 e. The van der Waals surface area contributed by atoms with E-state index in [-0.39, 0.29) is 36.7 Å². The van der Waals surface area contributed by atoms with Crippen molar-refractivity contribution in [1.82, 2.24) is 5.32 Å². The molecule has 1 atom stereocenters. The summed E-state index contributed by atoms with van der Waals surface area (Å²) in [6.45, 7) is 0.253. The Hall–Kier alpha value is -5.76. The molecule has 0 fully saturated rings. The molecule has 0 aromatic heterocycles. The van der Waals surface area contributed by atoms with Gasteiger partial charge in [-0.05, 0) is 46.5 Å². The number of carbonyl (C=O) groups is 2. The van der Waals surface area contributed by atoms with Gasteiger partial charge in [-0.2, -0.15) is 0 Å². The number of esters is 1. The second-order valence-corrected chi connectivity index (χ2v) is 10.5. The van der Waals surface area contributed by atoms with Crippen LogP contribution in [0.15, 0.2) is 121 Å². The number of amides is 1. The van der Waals surface area contributed by atoms with Crippen molar-refractivity contribution in [1.29, 1.82) is 0 Å². The number of carbonyl (C=O) groups excluding carboxylic acids is 2. The van der Waals surface area contributed by atoms with Crippen LogP contribution in [0.1, 0.15) is 38.2 Å². The summed E-state index contributed by atoms with van der Waals surface area (Å²) in [4.78, 5) is 26.7. The molecule has 0 saturated heterocycles. The third-order valence-electron chi connectivity index (χ3n) is 7.28. The van der Waals surface area contributed by atoms with E-state index < -0.39 is 23.7 Å². The zero-order valence-electron chi connectivity index (χ0n) is 24.4. The number of ether oxygens (including phenoxy) is 2. The second kappa shape index (κ2) is 14.6. The molecular formula is C37H33NO7. The molecule has 0 aliphatic rings. The molecule has 8 heteroatoms. The molecule has 0 heterocycles. The quantitative estimate of drug-likeness (QED) is 0.101. The average Bonchev–Trinajstić information content (AvgIpc) is 3.07. The topological polar surface area (TPSA) is 125 Å². The van der Waals surface area contributed by atoms with Crippen LogP contribution in [-0.2, 0) is 35.6 Å². The summed E-state index contributed by atoms with van der Waals surface area (Å²) < 4.78 is 11.6. The lowest BCUT2D eigenvalue weighted by atomic mass is 9.93. The highest BCUT2D eigenvalue weighted by Gasteiger charge is 2.27. The van der Waals surface area contributed by atoms with Gasteiger partial charge in [0.15, 0.2) is 23.0 Å². The molecule has 0 aliphatic heterocycles. The van der Waals surface area contributed by atoms with Crippen molar-refractivity contribution in [2.24, 2.45) is 0 Å². The van der Waals surface area contributed by atoms with Crippen LogP contribution in [0.3, 0.4) is 0 Å². The zero-order chi connectivity index (χ0) is 31.6. The van der Waals surface area contributed by atoms with Crippen LogP contribution in [0.25, 0.3) is 0 Å². The molecule has 0 aliphatic carbocycles. The van der Waals surface area contributed by atoms with Crippen molar-refractivity contribution < 1.29 is 34.4 Å². The minimum absolute atomic E-state index is 0.000424. The highest BCUT2D eigenvalue weighted by atomic mass is 16.5. The van der Waals surface area contributed by atoms with Gasteiger partial charge in [0.05, 0.1) is 0 Å². The van der Waals surface area contributed by atoms with E-state index in [1.165, 1.54) is 12.1 Å². The molecule has 0 radical (unpaired) electrons. The Bertz CT molecular complexity index is 1740. The first-order valence-corrected chi connectivity index (χ1v) is 14.4. The minimum atomic E-state index is -1.15. The molecule has 1 amide bonds. The van der Waals surface area contributed by atoms with Gasteiger partial charge in [0.25, 0.3) is 5.91 Å². The van der Waals surface area contributed by atoms with Crippen LogP contribution in [-0.4, -0.2) is 33.2 Å². The van der Waals surface area contributed by atoms with E-state index in [4.69, 9.17) is 9.47 Å². The Balaban J connectivity index is 1.45. The van der Waals surface area contributed by atoms with Gasteiger partial charge in [0, 0.05) is 24.0 Å². The number of phenols is 3. The normalized spacial score (nSPS) is 11.4. The van der Waals surface area contributed by atoms with E-state index in [0.29, 0.717) is 23.3 Å². The highest BCUT2D eigenvalue weighted by Crippen LogP contribution is 2.35. The van der Waals surface area contributed by atoms with E-state index in [1.54, 1.807) is 12.1 Å². The van der Waals surface area contributed by atoms with Gasteiger partial charge in [0.1, 0.15) is 19.3 Å². The van der Waals surface area contributed by atoms with E-state index in [1.807, 2.05) is 91.0 Å². The number of phenolic OH excluding ortho intramolecular Hbond substituents is 3. The summed E-state index contributed by atoms with van der Waals surface area (Å²) in [5.74, 6) is -1.93. The Morgan fingerprint density at radius 1 is 0.667 bits per heavy atom. The van der Waals surface area contributed by atoms with Crippen LogP contribution >= 0.6 is 0 Å². The summed E-state index contributed by atoms with van der Waals surface area (Å²) in [5.41, 5.74) is 3.85. The Labute approximate surface area is 261 Å². The first-order chi connectivity index (χ1) is 21.9. The molecule has 0 spiro atoms. The van der Waals surface area contributed by atoms with Crippen molar-refractivity contribution in [2.45, 2.75) is 32.1 Å². The van der Waals surface area contributed by atoms with E-state index in [9.17, 15) is 24.9 Å².